The van der Waals surface area contributed by atoms with Gasteiger partial charge in [-0.15, -0.1) is 0 Å². The number of hydrogen-bond donors (Lipinski definition) is 3. The Balaban J connectivity index is 2.25. The average Bonchev–Trinajstić information content (AvgIpc) is 2.11. The normalized spacial score (nSPS) is 17.7. The Morgan fingerprint density at radius 2 is 2.13 bits per heavy atom. The van der Waals surface area contributed by atoms with E-state index in [9.17, 15) is 9.59 Å². The van der Waals surface area contributed by atoms with Crippen LogP contribution in [0.15, 0.2) is 0 Å². The molecule has 0 radical (unpaired) electrons. The molecule has 0 aromatic heterocycles. The monoisotopic (exact) mass is 230 g/mol. The molecule has 4 nitrogen and oxygen atoms in total. The third-order valence-electron chi connectivity index (χ3n) is 2.67. The van der Waals surface area contributed by atoms with Crippen LogP contribution >= 0.6 is 12.6 Å². The topological polar surface area (TPSA) is 58.2 Å². The second-order valence-corrected chi connectivity index (χ2v) is 4.34. The van der Waals surface area contributed by atoms with E-state index < -0.39 is 6.04 Å². The number of amides is 2. The average molecular weight is 230 g/mol. The van der Waals surface area contributed by atoms with Gasteiger partial charge >= 0.3 is 0 Å². The molecule has 1 rings (SSSR count). The molecule has 0 aliphatic heterocycles. The number of hydrogen-bond acceptors (Lipinski definition) is 3. The molecular formula is C10H18N2O2S. The Hall–Kier alpha value is -0.710. The number of nitrogens with one attached hydrogen (secondary N) is 2. The number of carbonyl (C=O) groups excluding carboxylic acids is 2. The van der Waals surface area contributed by atoms with E-state index in [1.807, 2.05) is 0 Å². The standard InChI is InChI=1S/C10H18N2O2S/c1-7(13)12-9(6-15)10(14)11-5-8-3-2-4-8/h8-9,15H,2-6H2,1H3,(H,11,14)(H,12,13). The minimum Gasteiger partial charge on any atom is -0.354 e. The molecule has 1 aliphatic carbocycles. The molecule has 15 heavy (non-hydrogen) atoms. The van der Waals surface area contributed by atoms with Gasteiger partial charge in [0.25, 0.3) is 0 Å². The van der Waals surface area contributed by atoms with E-state index in [1.165, 1.54) is 26.2 Å². The SMILES string of the molecule is CC(=O)NC(CS)C(=O)NCC1CCC1. The fraction of sp³-hybridized carbons (Fsp3) is 0.800. The van der Waals surface area contributed by atoms with Crippen molar-refractivity contribution >= 4 is 24.4 Å². The van der Waals surface area contributed by atoms with Crippen LogP contribution in [0.1, 0.15) is 26.2 Å². The van der Waals surface area contributed by atoms with Crippen LogP contribution in [-0.2, 0) is 9.59 Å². The lowest BCUT2D eigenvalue weighted by Gasteiger charge is -2.26. The van der Waals surface area contributed by atoms with E-state index in [0.29, 0.717) is 11.7 Å². The molecule has 0 saturated heterocycles. The van der Waals surface area contributed by atoms with E-state index in [-0.39, 0.29) is 11.8 Å². The van der Waals surface area contributed by atoms with Gasteiger partial charge in [0, 0.05) is 19.2 Å². The van der Waals surface area contributed by atoms with Gasteiger partial charge in [-0.1, -0.05) is 6.42 Å². The first-order valence-corrected chi connectivity index (χ1v) is 5.92. The smallest absolute Gasteiger partial charge is 0.243 e. The van der Waals surface area contributed by atoms with Crippen molar-refractivity contribution in [2.75, 3.05) is 12.3 Å². The highest BCUT2D eigenvalue weighted by atomic mass is 32.1. The molecule has 1 unspecified atom stereocenters. The first kappa shape index (κ1) is 12.4. The second-order valence-electron chi connectivity index (χ2n) is 3.98. The van der Waals surface area contributed by atoms with Gasteiger partial charge in [0.05, 0.1) is 0 Å². The van der Waals surface area contributed by atoms with Crippen LogP contribution in [0.2, 0.25) is 0 Å². The van der Waals surface area contributed by atoms with Crippen LogP contribution in [0, 0.1) is 5.92 Å². The third-order valence-corrected chi connectivity index (χ3v) is 3.03. The zero-order valence-electron chi connectivity index (χ0n) is 8.95. The molecule has 1 aliphatic rings. The molecule has 2 amide bonds. The lowest BCUT2D eigenvalue weighted by molar-refractivity contribution is -0.127. The quantitative estimate of drug-likeness (QED) is 0.596. The zero-order chi connectivity index (χ0) is 11.3. The lowest BCUT2D eigenvalue weighted by Crippen LogP contribution is -2.48. The maximum atomic E-state index is 11.6. The highest BCUT2D eigenvalue weighted by molar-refractivity contribution is 7.80. The van der Waals surface area contributed by atoms with Crippen LogP contribution in [0.25, 0.3) is 0 Å². The molecule has 0 heterocycles. The van der Waals surface area contributed by atoms with Crippen LogP contribution in [0.5, 0.6) is 0 Å². The molecule has 0 aromatic rings. The number of rotatable bonds is 5. The van der Waals surface area contributed by atoms with Gasteiger partial charge in [-0.05, 0) is 18.8 Å². The summed E-state index contributed by atoms with van der Waals surface area (Å²) in [6.07, 6.45) is 3.67. The minimum absolute atomic E-state index is 0.132. The Bertz CT molecular complexity index is 242. The van der Waals surface area contributed by atoms with Crippen LogP contribution in [0.3, 0.4) is 0 Å². The van der Waals surface area contributed by atoms with Gasteiger partial charge in [-0.2, -0.15) is 12.6 Å². The van der Waals surface area contributed by atoms with Crippen molar-refractivity contribution in [3.63, 3.8) is 0 Å². The van der Waals surface area contributed by atoms with Gasteiger partial charge in [0.2, 0.25) is 11.8 Å². The molecule has 86 valence electrons. The van der Waals surface area contributed by atoms with Crippen molar-refractivity contribution in [3.05, 3.63) is 0 Å². The number of thiol groups is 1. The van der Waals surface area contributed by atoms with Crippen molar-refractivity contribution in [1.82, 2.24) is 10.6 Å². The molecule has 1 atom stereocenters. The van der Waals surface area contributed by atoms with Crippen molar-refractivity contribution in [3.8, 4) is 0 Å². The number of carbonyl (C=O) groups is 2. The first-order chi connectivity index (χ1) is 7.13. The Labute approximate surface area is 95.6 Å². The highest BCUT2D eigenvalue weighted by Gasteiger charge is 2.21. The molecule has 0 bridgehead atoms. The van der Waals surface area contributed by atoms with E-state index in [1.54, 1.807) is 0 Å². The van der Waals surface area contributed by atoms with Crippen LogP contribution < -0.4 is 10.6 Å². The summed E-state index contributed by atoms with van der Waals surface area (Å²) in [6.45, 7) is 2.12. The maximum Gasteiger partial charge on any atom is 0.243 e. The summed E-state index contributed by atoms with van der Waals surface area (Å²) >= 11 is 4.04. The van der Waals surface area contributed by atoms with Crippen LogP contribution in [0.4, 0.5) is 0 Å². The van der Waals surface area contributed by atoms with Gasteiger partial charge in [0.15, 0.2) is 0 Å². The van der Waals surface area contributed by atoms with Gasteiger partial charge in [0.1, 0.15) is 6.04 Å². The molecule has 5 heteroatoms. The third kappa shape index (κ3) is 4.11. The Kier molecular flexibility index (Phi) is 4.94. The van der Waals surface area contributed by atoms with Crippen LogP contribution in [-0.4, -0.2) is 30.2 Å². The van der Waals surface area contributed by atoms with E-state index in [0.717, 1.165) is 6.54 Å². The van der Waals surface area contributed by atoms with E-state index >= 15 is 0 Å². The summed E-state index contributed by atoms with van der Waals surface area (Å²) in [5.41, 5.74) is 0. The molecule has 0 spiro atoms. The van der Waals surface area contributed by atoms with Crippen molar-refractivity contribution in [2.24, 2.45) is 5.92 Å². The zero-order valence-corrected chi connectivity index (χ0v) is 9.85. The molecule has 1 fully saturated rings. The van der Waals surface area contributed by atoms with Crippen molar-refractivity contribution in [2.45, 2.75) is 32.2 Å². The summed E-state index contributed by atoms with van der Waals surface area (Å²) in [5.74, 6) is 0.627. The van der Waals surface area contributed by atoms with Gasteiger partial charge < -0.3 is 10.6 Å². The summed E-state index contributed by atoms with van der Waals surface area (Å²) < 4.78 is 0. The lowest BCUT2D eigenvalue weighted by atomic mass is 9.85. The highest BCUT2D eigenvalue weighted by Crippen LogP contribution is 2.25. The second kappa shape index (κ2) is 6.00. The summed E-state index contributed by atoms with van der Waals surface area (Å²) in [4.78, 5) is 22.4. The fourth-order valence-electron chi connectivity index (χ4n) is 1.50. The predicted molar refractivity (Wildman–Crippen MR) is 61.8 cm³/mol. The summed E-state index contributed by atoms with van der Waals surface area (Å²) in [7, 11) is 0. The largest absolute Gasteiger partial charge is 0.354 e. The summed E-state index contributed by atoms with van der Waals surface area (Å²) in [5, 5.41) is 5.40. The molecule has 1 saturated carbocycles. The molecule has 2 N–H and O–H groups in total. The molecular weight excluding hydrogens is 212 g/mol. The fourth-order valence-corrected chi connectivity index (χ4v) is 1.76. The maximum absolute atomic E-state index is 11.6. The van der Waals surface area contributed by atoms with Crippen molar-refractivity contribution in [1.29, 1.82) is 0 Å². The Morgan fingerprint density at radius 1 is 1.47 bits per heavy atom. The van der Waals surface area contributed by atoms with Gasteiger partial charge in [-0.25, -0.2) is 0 Å². The minimum atomic E-state index is -0.508. The van der Waals surface area contributed by atoms with E-state index in [2.05, 4.69) is 23.3 Å². The summed E-state index contributed by atoms with van der Waals surface area (Å²) in [6, 6.07) is -0.508. The van der Waals surface area contributed by atoms with Gasteiger partial charge in [-0.3, -0.25) is 9.59 Å². The van der Waals surface area contributed by atoms with Crippen molar-refractivity contribution < 1.29 is 9.59 Å². The predicted octanol–water partition coefficient (Wildman–Crippen LogP) is 0.337. The Morgan fingerprint density at radius 3 is 2.53 bits per heavy atom. The first-order valence-electron chi connectivity index (χ1n) is 5.29. The van der Waals surface area contributed by atoms with E-state index in [4.69, 9.17) is 0 Å². The molecule has 0 aromatic carbocycles.